The minimum atomic E-state index is -0.510. The van der Waals surface area contributed by atoms with Crippen molar-refractivity contribution in [3.63, 3.8) is 0 Å². The molecule has 0 atom stereocenters. The molecule has 0 aromatic heterocycles. The average Bonchev–Trinajstić information content (AvgIpc) is 2.78. The van der Waals surface area contributed by atoms with E-state index in [0.717, 1.165) is 11.0 Å². The van der Waals surface area contributed by atoms with Crippen molar-refractivity contribution in [3.8, 4) is 5.75 Å². The first-order valence-electron chi connectivity index (χ1n) is 7.21. The van der Waals surface area contributed by atoms with E-state index in [4.69, 9.17) is 16.3 Å². The third kappa shape index (κ3) is 3.32. The van der Waals surface area contributed by atoms with Crippen molar-refractivity contribution in [1.82, 2.24) is 4.90 Å². The van der Waals surface area contributed by atoms with Gasteiger partial charge in [-0.2, -0.15) is 0 Å². The van der Waals surface area contributed by atoms with Crippen molar-refractivity contribution < 1.29 is 23.5 Å². The zero-order chi connectivity index (χ0) is 18.1. The van der Waals surface area contributed by atoms with E-state index in [1.807, 2.05) is 0 Å². The molecule has 2 aromatic rings. The molecule has 0 bridgehead atoms. The first-order chi connectivity index (χ1) is 11.9. The Labute approximate surface area is 147 Å². The highest BCUT2D eigenvalue weighted by molar-refractivity contribution is 6.32. The number of carbonyl (C=O) groups is 3. The third-order valence-corrected chi connectivity index (χ3v) is 3.92. The van der Waals surface area contributed by atoms with E-state index in [1.54, 1.807) is 0 Å². The van der Waals surface area contributed by atoms with Crippen LogP contribution in [-0.4, -0.2) is 36.3 Å². The molecule has 1 N–H and O–H groups in total. The Kier molecular flexibility index (Phi) is 4.41. The zero-order valence-corrected chi connectivity index (χ0v) is 13.8. The van der Waals surface area contributed by atoms with Crippen LogP contribution in [0.2, 0.25) is 5.02 Å². The molecule has 1 heterocycles. The maximum Gasteiger partial charge on any atom is 0.262 e. The zero-order valence-electron chi connectivity index (χ0n) is 13.0. The van der Waals surface area contributed by atoms with Gasteiger partial charge in [0.15, 0.2) is 6.61 Å². The molecule has 3 rings (SSSR count). The molecule has 0 radical (unpaired) electrons. The fourth-order valence-corrected chi connectivity index (χ4v) is 2.59. The van der Waals surface area contributed by atoms with Gasteiger partial charge in [-0.15, -0.1) is 0 Å². The summed E-state index contributed by atoms with van der Waals surface area (Å²) in [6, 6.07) is 7.99. The van der Waals surface area contributed by atoms with Crippen molar-refractivity contribution in [2.45, 2.75) is 0 Å². The van der Waals surface area contributed by atoms with E-state index in [2.05, 4.69) is 5.32 Å². The van der Waals surface area contributed by atoms with Crippen molar-refractivity contribution in [1.29, 1.82) is 0 Å². The van der Waals surface area contributed by atoms with Crippen molar-refractivity contribution in [3.05, 3.63) is 58.4 Å². The number of hydrogen-bond donors (Lipinski definition) is 1. The summed E-state index contributed by atoms with van der Waals surface area (Å²) in [6.07, 6.45) is 0. The summed E-state index contributed by atoms with van der Waals surface area (Å²) in [7, 11) is 1.39. The fourth-order valence-electron chi connectivity index (χ4n) is 2.37. The summed E-state index contributed by atoms with van der Waals surface area (Å²) in [5, 5.41) is 2.61. The number of amides is 3. The van der Waals surface area contributed by atoms with Gasteiger partial charge in [-0.1, -0.05) is 11.6 Å². The van der Waals surface area contributed by atoms with Gasteiger partial charge in [0, 0.05) is 12.7 Å². The van der Waals surface area contributed by atoms with Gasteiger partial charge in [0.25, 0.3) is 17.7 Å². The Morgan fingerprint density at radius 1 is 1.16 bits per heavy atom. The summed E-state index contributed by atoms with van der Waals surface area (Å²) < 4.78 is 18.2. The molecule has 128 valence electrons. The van der Waals surface area contributed by atoms with Crippen LogP contribution in [0.1, 0.15) is 20.7 Å². The van der Waals surface area contributed by atoms with Crippen molar-refractivity contribution >= 4 is 35.0 Å². The normalized spacial score (nSPS) is 13.0. The molecule has 25 heavy (non-hydrogen) atoms. The van der Waals surface area contributed by atoms with Crippen molar-refractivity contribution in [2.75, 3.05) is 19.0 Å². The third-order valence-electron chi connectivity index (χ3n) is 3.63. The van der Waals surface area contributed by atoms with Gasteiger partial charge in [-0.05, 0) is 36.4 Å². The number of nitrogens with zero attached hydrogens (tertiary/aromatic N) is 1. The SMILES string of the molecule is CN1C(=O)c2ccc(NC(=O)COc3ccc(F)cc3Cl)cc2C1=O. The van der Waals surface area contributed by atoms with Crippen LogP contribution in [-0.2, 0) is 4.79 Å². The molecule has 0 fully saturated rings. The summed E-state index contributed by atoms with van der Waals surface area (Å²) in [5.74, 6) is -1.64. The summed E-state index contributed by atoms with van der Waals surface area (Å²) in [6.45, 7) is -0.352. The molecule has 0 aliphatic carbocycles. The standard InChI is InChI=1S/C17H12ClFN2O4/c1-21-16(23)11-4-3-10(7-12(11)17(21)24)20-15(22)8-25-14-5-2-9(19)6-13(14)18/h2-7H,8H2,1H3,(H,20,22). The van der Waals surface area contributed by atoms with E-state index >= 15 is 0 Å². The number of imide groups is 1. The molecule has 6 nitrogen and oxygen atoms in total. The predicted molar refractivity (Wildman–Crippen MR) is 88.4 cm³/mol. The number of nitrogens with one attached hydrogen (secondary N) is 1. The molecule has 0 saturated carbocycles. The van der Waals surface area contributed by atoms with Gasteiger partial charge in [0.2, 0.25) is 0 Å². The van der Waals surface area contributed by atoms with Crippen LogP contribution in [0, 0.1) is 5.82 Å². The number of anilines is 1. The number of ether oxygens (including phenoxy) is 1. The highest BCUT2D eigenvalue weighted by atomic mass is 35.5. The van der Waals surface area contributed by atoms with E-state index in [1.165, 1.54) is 37.4 Å². The highest BCUT2D eigenvalue weighted by Crippen LogP contribution is 2.26. The van der Waals surface area contributed by atoms with Crippen LogP contribution < -0.4 is 10.1 Å². The molecule has 8 heteroatoms. The molecule has 0 saturated heterocycles. The average molecular weight is 363 g/mol. The lowest BCUT2D eigenvalue weighted by molar-refractivity contribution is -0.118. The van der Waals surface area contributed by atoms with Crippen LogP contribution in [0.15, 0.2) is 36.4 Å². The lowest BCUT2D eigenvalue weighted by Crippen LogP contribution is -2.24. The smallest absolute Gasteiger partial charge is 0.262 e. The Bertz CT molecular complexity index is 900. The van der Waals surface area contributed by atoms with Crippen LogP contribution in [0.3, 0.4) is 0 Å². The number of hydrogen-bond acceptors (Lipinski definition) is 4. The van der Waals surface area contributed by atoms with Gasteiger partial charge in [0.1, 0.15) is 11.6 Å². The number of benzene rings is 2. The Hall–Kier alpha value is -2.93. The topological polar surface area (TPSA) is 75.7 Å². The summed E-state index contributed by atoms with van der Waals surface area (Å²) in [5.41, 5.74) is 0.877. The second-order valence-electron chi connectivity index (χ2n) is 5.34. The molecule has 1 aliphatic rings. The van der Waals surface area contributed by atoms with E-state index in [0.29, 0.717) is 11.3 Å². The van der Waals surface area contributed by atoms with Gasteiger partial charge in [-0.3, -0.25) is 19.3 Å². The lowest BCUT2D eigenvalue weighted by Gasteiger charge is -2.09. The predicted octanol–water partition coefficient (Wildman–Crippen LogP) is 2.72. The van der Waals surface area contributed by atoms with Crippen molar-refractivity contribution in [2.24, 2.45) is 0 Å². The van der Waals surface area contributed by atoms with Gasteiger partial charge in [-0.25, -0.2) is 4.39 Å². The Morgan fingerprint density at radius 3 is 2.60 bits per heavy atom. The fraction of sp³-hybridized carbons (Fsp3) is 0.118. The van der Waals surface area contributed by atoms with Crippen LogP contribution >= 0.6 is 11.6 Å². The van der Waals surface area contributed by atoms with E-state index in [-0.39, 0.29) is 28.8 Å². The summed E-state index contributed by atoms with van der Waals surface area (Å²) >= 11 is 5.81. The number of carbonyl (C=O) groups excluding carboxylic acids is 3. The molecule has 3 amide bonds. The number of halogens is 2. The van der Waals surface area contributed by atoms with Crippen LogP contribution in [0.4, 0.5) is 10.1 Å². The maximum absolute atomic E-state index is 13.0. The Morgan fingerprint density at radius 2 is 1.88 bits per heavy atom. The summed E-state index contributed by atoms with van der Waals surface area (Å²) in [4.78, 5) is 36.7. The first-order valence-corrected chi connectivity index (χ1v) is 7.59. The van der Waals surface area contributed by atoms with Gasteiger partial charge in [0.05, 0.1) is 16.1 Å². The first kappa shape index (κ1) is 16.9. The lowest BCUT2D eigenvalue weighted by atomic mass is 10.1. The number of rotatable bonds is 4. The van der Waals surface area contributed by atoms with Gasteiger partial charge < -0.3 is 10.1 Å². The monoisotopic (exact) mass is 362 g/mol. The highest BCUT2D eigenvalue weighted by Gasteiger charge is 2.32. The minimum absolute atomic E-state index is 0.0532. The van der Waals surface area contributed by atoms with E-state index in [9.17, 15) is 18.8 Å². The van der Waals surface area contributed by atoms with Gasteiger partial charge >= 0.3 is 0 Å². The van der Waals surface area contributed by atoms with Crippen LogP contribution in [0.25, 0.3) is 0 Å². The molecule has 1 aliphatic heterocycles. The van der Waals surface area contributed by atoms with E-state index < -0.39 is 17.6 Å². The second kappa shape index (κ2) is 6.52. The number of fused-ring (bicyclic) bond motifs is 1. The maximum atomic E-state index is 13.0. The molecule has 0 unspecified atom stereocenters. The minimum Gasteiger partial charge on any atom is -0.482 e. The second-order valence-corrected chi connectivity index (χ2v) is 5.75. The largest absolute Gasteiger partial charge is 0.482 e. The molecular formula is C17H12ClFN2O4. The molecule has 2 aromatic carbocycles. The molecular weight excluding hydrogens is 351 g/mol. The quantitative estimate of drug-likeness (QED) is 0.848. The van der Waals surface area contributed by atoms with Crippen LogP contribution in [0.5, 0.6) is 5.75 Å². The Balaban J connectivity index is 1.66. The molecule has 0 spiro atoms.